The molecule has 0 radical (unpaired) electrons. The molecule has 0 amide bonds. The van der Waals surface area contributed by atoms with Crippen LogP contribution in [-0.2, 0) is 4.74 Å². The Morgan fingerprint density at radius 3 is 2.14 bits per heavy atom. The van der Waals surface area contributed by atoms with E-state index in [1.807, 2.05) is 6.08 Å². The second-order valence-electron chi connectivity index (χ2n) is 5.67. The van der Waals surface area contributed by atoms with E-state index in [9.17, 15) is 26.3 Å². The number of hydrogen-bond acceptors (Lipinski definition) is 2. The molecule has 0 aliphatic heterocycles. The third-order valence-corrected chi connectivity index (χ3v) is 4.23. The molecule has 0 aromatic rings. The molecule has 2 rings (SSSR count). The lowest BCUT2D eigenvalue weighted by atomic mass is 9.96. The van der Waals surface area contributed by atoms with E-state index in [0.29, 0.717) is 18.3 Å². The Balaban J connectivity index is 1.85. The van der Waals surface area contributed by atoms with Crippen LogP contribution in [0.3, 0.4) is 0 Å². The van der Waals surface area contributed by atoms with Crippen molar-refractivity contribution in [2.45, 2.75) is 43.6 Å². The van der Waals surface area contributed by atoms with Crippen LogP contribution in [0, 0.1) is 11.8 Å². The highest BCUT2D eigenvalue weighted by atomic mass is 19.4. The molecule has 2 nitrogen and oxygen atoms in total. The van der Waals surface area contributed by atoms with Crippen molar-refractivity contribution in [2.75, 3.05) is 13.2 Å². The standard InChI is InChI=1S/C13H16F6O2/c14-12(15,16)11(20,13(17,18)19)7-21-4-3-10-6-8-1-2-9(10)5-8/h6,8-9,20H,1-5,7H2. The highest BCUT2D eigenvalue weighted by Crippen LogP contribution is 2.45. The fraction of sp³-hybridized carbons (Fsp3) is 0.846. The minimum atomic E-state index is -5.82. The minimum Gasteiger partial charge on any atom is -0.377 e. The number of halogens is 6. The second-order valence-corrected chi connectivity index (χ2v) is 5.67. The molecule has 2 atom stereocenters. The van der Waals surface area contributed by atoms with Crippen molar-refractivity contribution in [2.24, 2.45) is 11.8 Å². The molecular formula is C13H16F6O2. The first-order valence-corrected chi connectivity index (χ1v) is 6.69. The van der Waals surface area contributed by atoms with E-state index in [0.717, 1.165) is 24.8 Å². The molecule has 1 fully saturated rings. The smallest absolute Gasteiger partial charge is 0.377 e. The van der Waals surface area contributed by atoms with E-state index in [2.05, 4.69) is 4.74 Å². The maximum Gasteiger partial charge on any atom is 0.428 e. The predicted octanol–water partition coefficient (Wildman–Crippen LogP) is 3.61. The first kappa shape index (κ1) is 16.6. The molecule has 0 spiro atoms. The highest BCUT2D eigenvalue weighted by molar-refractivity contribution is 5.19. The molecule has 122 valence electrons. The first-order valence-electron chi connectivity index (χ1n) is 6.69. The monoisotopic (exact) mass is 318 g/mol. The van der Waals surface area contributed by atoms with Gasteiger partial charge < -0.3 is 9.84 Å². The van der Waals surface area contributed by atoms with Gasteiger partial charge in [0.1, 0.15) is 0 Å². The molecular weight excluding hydrogens is 302 g/mol. The van der Waals surface area contributed by atoms with Gasteiger partial charge in [0.25, 0.3) is 5.60 Å². The Morgan fingerprint density at radius 1 is 1.10 bits per heavy atom. The van der Waals surface area contributed by atoms with E-state index in [-0.39, 0.29) is 6.61 Å². The van der Waals surface area contributed by atoms with Crippen LogP contribution in [-0.4, -0.2) is 36.3 Å². The van der Waals surface area contributed by atoms with E-state index in [1.54, 1.807) is 0 Å². The van der Waals surface area contributed by atoms with Crippen molar-refractivity contribution in [3.05, 3.63) is 11.6 Å². The van der Waals surface area contributed by atoms with Gasteiger partial charge in [-0.2, -0.15) is 26.3 Å². The summed E-state index contributed by atoms with van der Waals surface area (Å²) in [4.78, 5) is 0. The molecule has 2 bridgehead atoms. The number of fused-ring (bicyclic) bond motifs is 2. The zero-order chi connectivity index (χ0) is 15.9. The summed E-state index contributed by atoms with van der Waals surface area (Å²) >= 11 is 0. The number of allylic oxidation sites excluding steroid dienone is 1. The fourth-order valence-corrected chi connectivity index (χ4v) is 2.97. The fourth-order valence-electron chi connectivity index (χ4n) is 2.97. The molecule has 2 aliphatic carbocycles. The topological polar surface area (TPSA) is 29.5 Å². The molecule has 0 saturated heterocycles. The number of ether oxygens (including phenoxy) is 1. The van der Waals surface area contributed by atoms with Gasteiger partial charge >= 0.3 is 12.4 Å². The number of rotatable bonds is 5. The molecule has 0 aromatic heterocycles. The Morgan fingerprint density at radius 2 is 1.71 bits per heavy atom. The summed E-state index contributed by atoms with van der Waals surface area (Å²) in [5.74, 6) is 0.884. The molecule has 2 unspecified atom stereocenters. The Bertz CT molecular complexity index is 398. The summed E-state index contributed by atoms with van der Waals surface area (Å²) in [6.07, 6.45) is -6.16. The van der Waals surface area contributed by atoms with Gasteiger partial charge in [0.15, 0.2) is 0 Å². The largest absolute Gasteiger partial charge is 0.428 e. The molecule has 0 heterocycles. The summed E-state index contributed by atoms with van der Waals surface area (Å²) in [5.41, 5.74) is -3.77. The van der Waals surface area contributed by atoms with Crippen LogP contribution in [0.5, 0.6) is 0 Å². The zero-order valence-corrected chi connectivity index (χ0v) is 11.1. The van der Waals surface area contributed by atoms with Crippen molar-refractivity contribution in [1.82, 2.24) is 0 Å². The molecule has 8 heteroatoms. The zero-order valence-electron chi connectivity index (χ0n) is 11.1. The number of aliphatic hydroxyl groups is 1. The number of hydrogen-bond donors (Lipinski definition) is 1. The van der Waals surface area contributed by atoms with Crippen LogP contribution >= 0.6 is 0 Å². The second kappa shape index (κ2) is 5.46. The van der Waals surface area contributed by atoms with Crippen LogP contribution in [0.1, 0.15) is 25.7 Å². The Hall–Kier alpha value is -0.760. The predicted molar refractivity (Wildman–Crippen MR) is 61.4 cm³/mol. The molecule has 0 aromatic carbocycles. The lowest BCUT2D eigenvalue weighted by molar-refractivity contribution is -0.378. The van der Waals surface area contributed by atoms with E-state index in [4.69, 9.17) is 5.11 Å². The van der Waals surface area contributed by atoms with Crippen LogP contribution in [0.25, 0.3) is 0 Å². The quantitative estimate of drug-likeness (QED) is 0.477. The van der Waals surface area contributed by atoms with Crippen molar-refractivity contribution >= 4 is 0 Å². The van der Waals surface area contributed by atoms with Gasteiger partial charge in [0.2, 0.25) is 0 Å². The highest BCUT2D eigenvalue weighted by Gasteiger charge is 2.70. The van der Waals surface area contributed by atoms with Gasteiger partial charge in [-0.05, 0) is 37.5 Å². The average Bonchev–Trinajstić information content (AvgIpc) is 2.93. The van der Waals surface area contributed by atoms with E-state index in [1.165, 1.54) is 0 Å². The van der Waals surface area contributed by atoms with Gasteiger partial charge in [-0.3, -0.25) is 0 Å². The summed E-state index contributed by atoms with van der Waals surface area (Å²) in [5, 5.41) is 8.89. The van der Waals surface area contributed by atoms with Crippen LogP contribution in [0.4, 0.5) is 26.3 Å². The van der Waals surface area contributed by atoms with Crippen molar-refractivity contribution in [1.29, 1.82) is 0 Å². The molecule has 1 N–H and O–H groups in total. The van der Waals surface area contributed by atoms with Crippen molar-refractivity contribution in [3.63, 3.8) is 0 Å². The summed E-state index contributed by atoms with van der Waals surface area (Å²) in [6, 6.07) is 0. The van der Waals surface area contributed by atoms with Gasteiger partial charge in [-0.15, -0.1) is 0 Å². The first-order chi connectivity index (χ1) is 9.54. The maximum absolute atomic E-state index is 12.4. The molecule has 2 aliphatic rings. The lowest BCUT2D eigenvalue weighted by Crippen LogP contribution is -2.60. The van der Waals surface area contributed by atoms with Gasteiger partial charge in [0.05, 0.1) is 13.2 Å². The third-order valence-electron chi connectivity index (χ3n) is 4.23. The summed E-state index contributed by atoms with van der Waals surface area (Å²) in [6.45, 7) is -2.09. The number of alkyl halides is 6. The molecule has 1 saturated carbocycles. The van der Waals surface area contributed by atoms with Crippen LogP contribution in [0.15, 0.2) is 11.6 Å². The van der Waals surface area contributed by atoms with Gasteiger partial charge in [0, 0.05) is 0 Å². The van der Waals surface area contributed by atoms with Gasteiger partial charge in [-0.25, -0.2) is 0 Å². The molecule has 21 heavy (non-hydrogen) atoms. The van der Waals surface area contributed by atoms with Crippen molar-refractivity contribution < 1.29 is 36.2 Å². The minimum absolute atomic E-state index is 0.260. The Labute approximate surface area is 117 Å². The van der Waals surface area contributed by atoms with E-state index < -0.39 is 24.6 Å². The van der Waals surface area contributed by atoms with Crippen LogP contribution < -0.4 is 0 Å². The summed E-state index contributed by atoms with van der Waals surface area (Å²) in [7, 11) is 0. The summed E-state index contributed by atoms with van der Waals surface area (Å²) < 4.78 is 78.8. The normalized spacial score (nSPS) is 26.3. The maximum atomic E-state index is 12.4. The SMILES string of the molecule is OC(COCCC1=CC2CCC1C2)(C(F)(F)F)C(F)(F)F. The van der Waals surface area contributed by atoms with Gasteiger partial charge in [-0.1, -0.05) is 11.6 Å². The van der Waals surface area contributed by atoms with E-state index >= 15 is 0 Å². The lowest BCUT2D eigenvalue weighted by Gasteiger charge is -2.31. The average molecular weight is 318 g/mol. The Kier molecular flexibility index (Phi) is 4.32. The van der Waals surface area contributed by atoms with Crippen LogP contribution in [0.2, 0.25) is 0 Å². The third kappa shape index (κ3) is 3.21. The van der Waals surface area contributed by atoms with Crippen molar-refractivity contribution in [3.8, 4) is 0 Å².